The smallest absolute Gasteiger partial charge is 0.128 e. The molecule has 0 fully saturated rings. The summed E-state index contributed by atoms with van der Waals surface area (Å²) < 4.78 is 7.29. The minimum atomic E-state index is 0.0205. The van der Waals surface area contributed by atoms with Crippen molar-refractivity contribution >= 4 is 32.3 Å². The van der Waals surface area contributed by atoms with Crippen molar-refractivity contribution in [1.29, 1.82) is 5.26 Å². The van der Waals surface area contributed by atoms with Gasteiger partial charge in [0.1, 0.15) is 17.9 Å². The van der Waals surface area contributed by atoms with E-state index in [1.54, 1.807) is 11.3 Å². The first-order chi connectivity index (χ1) is 17.8. The van der Waals surface area contributed by atoms with Crippen LogP contribution >= 0.6 is 11.3 Å². The van der Waals surface area contributed by atoms with Crippen LogP contribution in [0.25, 0.3) is 42.7 Å². The van der Waals surface area contributed by atoms with Crippen LogP contribution in [0.15, 0.2) is 103 Å². The molecule has 0 saturated carbocycles. The molecule has 3 heterocycles. The Hall–Kier alpha value is -4.46. The summed E-state index contributed by atoms with van der Waals surface area (Å²) in [5.74, 6) is 0.968. The molecule has 0 N–H and O–H groups in total. The Morgan fingerprint density at radius 1 is 0.806 bits per heavy atom. The zero-order valence-electron chi connectivity index (χ0n) is 19.3. The van der Waals surface area contributed by atoms with Crippen LogP contribution in [0.3, 0.4) is 0 Å². The lowest BCUT2D eigenvalue weighted by Crippen LogP contribution is -2.02. The summed E-state index contributed by atoms with van der Waals surface area (Å²) in [5.41, 5.74) is 6.93. The molecule has 1 aliphatic rings. The molecule has 0 saturated heterocycles. The summed E-state index contributed by atoms with van der Waals surface area (Å²) in [5, 5.41) is 12.4. The number of aromatic nitrogens is 1. The van der Waals surface area contributed by atoms with Crippen molar-refractivity contribution in [3.63, 3.8) is 0 Å². The van der Waals surface area contributed by atoms with E-state index in [-0.39, 0.29) is 6.10 Å². The second-order valence-electron chi connectivity index (χ2n) is 9.01. The summed E-state index contributed by atoms with van der Waals surface area (Å²) in [6.07, 6.45) is 0.895. The third-order valence-electron chi connectivity index (χ3n) is 6.88. The van der Waals surface area contributed by atoms with E-state index < -0.39 is 0 Å². The minimum absolute atomic E-state index is 0.0205. The highest BCUT2D eigenvalue weighted by atomic mass is 32.1. The predicted octanol–water partition coefficient (Wildman–Crippen LogP) is 8.33. The van der Waals surface area contributed by atoms with Crippen LogP contribution in [0.5, 0.6) is 5.75 Å². The predicted molar refractivity (Wildman–Crippen MR) is 146 cm³/mol. The molecule has 3 nitrogen and oxygen atoms in total. The van der Waals surface area contributed by atoms with Gasteiger partial charge in [-0.1, -0.05) is 91.0 Å². The first-order valence-corrected chi connectivity index (χ1v) is 12.8. The SMILES string of the molecule is N#Cc1c(-c2ccc(C3Cc4ccccc4O3)cc2)sc2c1c(-c1ccccc1)nc1ccccc12. The van der Waals surface area contributed by atoms with Crippen molar-refractivity contribution in [3.05, 3.63) is 120 Å². The van der Waals surface area contributed by atoms with Crippen molar-refractivity contribution in [2.75, 3.05) is 0 Å². The lowest BCUT2D eigenvalue weighted by atomic mass is 9.98. The van der Waals surface area contributed by atoms with Gasteiger partial charge < -0.3 is 4.74 Å². The van der Waals surface area contributed by atoms with Gasteiger partial charge in [0.2, 0.25) is 0 Å². The van der Waals surface area contributed by atoms with Gasteiger partial charge in [0.25, 0.3) is 0 Å². The molecule has 1 aliphatic heterocycles. The molecule has 170 valence electrons. The third kappa shape index (κ3) is 3.29. The van der Waals surface area contributed by atoms with Crippen LogP contribution in [-0.2, 0) is 6.42 Å². The van der Waals surface area contributed by atoms with Gasteiger partial charge in [-0.25, -0.2) is 4.98 Å². The number of benzene rings is 4. The van der Waals surface area contributed by atoms with Gasteiger partial charge in [-0.2, -0.15) is 5.26 Å². The van der Waals surface area contributed by atoms with Gasteiger partial charge in [0.05, 0.1) is 21.7 Å². The lowest BCUT2D eigenvalue weighted by Gasteiger charge is -2.11. The van der Waals surface area contributed by atoms with Crippen LogP contribution in [0.1, 0.15) is 22.8 Å². The highest BCUT2D eigenvalue weighted by Gasteiger charge is 2.25. The van der Waals surface area contributed by atoms with Crippen molar-refractivity contribution in [2.24, 2.45) is 0 Å². The quantitative estimate of drug-likeness (QED) is 0.256. The van der Waals surface area contributed by atoms with E-state index in [9.17, 15) is 5.26 Å². The molecule has 1 atom stereocenters. The Morgan fingerprint density at radius 2 is 1.56 bits per heavy atom. The van der Waals surface area contributed by atoms with E-state index in [4.69, 9.17) is 9.72 Å². The Balaban J connectivity index is 1.37. The highest BCUT2D eigenvalue weighted by Crippen LogP contribution is 2.45. The van der Waals surface area contributed by atoms with Gasteiger partial charge in [-0.3, -0.25) is 0 Å². The fourth-order valence-electron chi connectivity index (χ4n) is 5.12. The van der Waals surface area contributed by atoms with Crippen LogP contribution in [-0.4, -0.2) is 4.98 Å². The summed E-state index contributed by atoms with van der Waals surface area (Å²) in [4.78, 5) is 5.99. The number of thiophene rings is 1. The molecule has 0 aliphatic carbocycles. The maximum atomic E-state index is 10.3. The summed E-state index contributed by atoms with van der Waals surface area (Å²) in [6.45, 7) is 0. The molecule has 7 rings (SSSR count). The number of pyridine rings is 1. The fourth-order valence-corrected chi connectivity index (χ4v) is 6.41. The number of hydrogen-bond acceptors (Lipinski definition) is 4. The molecule has 6 aromatic rings. The number of ether oxygens (including phenoxy) is 1. The van der Waals surface area contributed by atoms with Gasteiger partial charge in [0, 0.05) is 27.5 Å². The van der Waals surface area contributed by atoms with E-state index in [0.717, 1.165) is 60.4 Å². The first kappa shape index (κ1) is 20.9. The van der Waals surface area contributed by atoms with E-state index >= 15 is 0 Å². The Kier molecular flexibility index (Phi) is 4.83. The molecule has 0 bridgehead atoms. The number of para-hydroxylation sites is 2. The summed E-state index contributed by atoms with van der Waals surface area (Å²) >= 11 is 1.67. The van der Waals surface area contributed by atoms with E-state index in [1.165, 1.54) is 5.56 Å². The lowest BCUT2D eigenvalue weighted by molar-refractivity contribution is 0.239. The van der Waals surface area contributed by atoms with E-state index in [0.29, 0.717) is 5.56 Å². The largest absolute Gasteiger partial charge is 0.485 e. The van der Waals surface area contributed by atoms with Crippen molar-refractivity contribution in [1.82, 2.24) is 4.98 Å². The van der Waals surface area contributed by atoms with Gasteiger partial charge in [0.15, 0.2) is 0 Å². The molecular formula is C32H20N2OS. The average Bonchev–Trinajstić information content (AvgIpc) is 3.55. The molecule has 0 radical (unpaired) electrons. The maximum Gasteiger partial charge on any atom is 0.128 e. The summed E-state index contributed by atoms with van der Waals surface area (Å²) in [6, 6.07) is 37.6. The standard InChI is InChI=1S/C32H20N2OS/c33-19-25-29-30(21-8-2-1-3-9-21)34-26-12-6-5-11-24(26)32(29)36-31(25)22-16-14-20(15-17-22)28-18-23-10-4-7-13-27(23)35-28/h1-17,28H,18H2. The first-order valence-electron chi connectivity index (χ1n) is 12.0. The van der Waals surface area contributed by atoms with Crippen LogP contribution in [0.2, 0.25) is 0 Å². The van der Waals surface area contributed by atoms with E-state index in [1.807, 2.05) is 48.5 Å². The Labute approximate surface area is 212 Å². The second-order valence-corrected chi connectivity index (χ2v) is 10.0. The Bertz CT molecular complexity index is 1770. The second kappa shape index (κ2) is 8.34. The number of hydrogen-bond donors (Lipinski definition) is 0. The molecule has 0 spiro atoms. The molecule has 4 heteroatoms. The molecule has 1 unspecified atom stereocenters. The van der Waals surface area contributed by atoms with E-state index in [2.05, 4.69) is 60.7 Å². The molecule has 0 amide bonds. The fraction of sp³-hybridized carbons (Fsp3) is 0.0625. The van der Waals surface area contributed by atoms with Crippen LogP contribution < -0.4 is 4.74 Å². The monoisotopic (exact) mass is 480 g/mol. The molecule has 4 aromatic carbocycles. The number of fused-ring (bicyclic) bond motifs is 4. The van der Waals surface area contributed by atoms with Gasteiger partial charge in [-0.05, 0) is 28.8 Å². The number of nitrogens with zero attached hydrogens (tertiary/aromatic N) is 2. The number of nitriles is 1. The normalized spacial score (nSPS) is 14.5. The van der Waals surface area contributed by atoms with Gasteiger partial charge in [-0.15, -0.1) is 11.3 Å². The van der Waals surface area contributed by atoms with Crippen LogP contribution in [0.4, 0.5) is 0 Å². The minimum Gasteiger partial charge on any atom is -0.485 e. The van der Waals surface area contributed by atoms with Crippen LogP contribution in [0, 0.1) is 11.3 Å². The molecular weight excluding hydrogens is 460 g/mol. The highest BCUT2D eigenvalue weighted by molar-refractivity contribution is 7.23. The van der Waals surface area contributed by atoms with Gasteiger partial charge >= 0.3 is 0 Å². The molecule has 36 heavy (non-hydrogen) atoms. The topological polar surface area (TPSA) is 45.9 Å². The maximum absolute atomic E-state index is 10.3. The van der Waals surface area contributed by atoms with Crippen molar-refractivity contribution in [2.45, 2.75) is 12.5 Å². The third-order valence-corrected chi connectivity index (χ3v) is 8.15. The van der Waals surface area contributed by atoms with Crippen molar-refractivity contribution in [3.8, 4) is 33.5 Å². The Morgan fingerprint density at radius 3 is 2.36 bits per heavy atom. The average molecular weight is 481 g/mol. The summed E-state index contributed by atoms with van der Waals surface area (Å²) in [7, 11) is 0. The number of rotatable bonds is 3. The molecule has 2 aromatic heterocycles. The zero-order chi connectivity index (χ0) is 24.1. The zero-order valence-corrected chi connectivity index (χ0v) is 20.1. The van der Waals surface area contributed by atoms with Crippen molar-refractivity contribution < 1.29 is 4.74 Å².